The van der Waals surface area contributed by atoms with E-state index in [1.165, 1.54) is 45.4 Å². The van der Waals surface area contributed by atoms with E-state index in [1.807, 2.05) is 0 Å². The molecule has 3 aliphatic rings. The van der Waals surface area contributed by atoms with Crippen LogP contribution in [0.2, 0.25) is 0 Å². The third kappa shape index (κ3) is 5.46. The van der Waals surface area contributed by atoms with Gasteiger partial charge in [0.15, 0.2) is 5.96 Å². The van der Waals surface area contributed by atoms with Gasteiger partial charge in [-0.15, -0.1) is 24.0 Å². The van der Waals surface area contributed by atoms with Gasteiger partial charge >= 0.3 is 0 Å². The molecule has 0 aromatic heterocycles. The number of hydrogen-bond acceptors (Lipinski definition) is 3. The molecule has 0 spiro atoms. The number of rotatable bonds is 5. The van der Waals surface area contributed by atoms with E-state index in [1.54, 1.807) is 0 Å². The second-order valence-corrected chi connectivity index (χ2v) is 7.55. The van der Waals surface area contributed by atoms with Gasteiger partial charge in [0.2, 0.25) is 0 Å². The molecule has 3 unspecified atom stereocenters. The normalized spacial score (nSPS) is 32.8. The third-order valence-electron chi connectivity index (χ3n) is 5.37. The Bertz CT molecular complexity index is 398. The van der Waals surface area contributed by atoms with Gasteiger partial charge in [-0.05, 0) is 51.6 Å². The average Bonchev–Trinajstić information content (AvgIpc) is 3.16. The maximum absolute atomic E-state index is 4.86. The van der Waals surface area contributed by atoms with Crippen LogP contribution in [-0.2, 0) is 0 Å². The summed E-state index contributed by atoms with van der Waals surface area (Å²) in [5.41, 5.74) is 0. The van der Waals surface area contributed by atoms with E-state index in [2.05, 4.69) is 41.3 Å². The molecule has 2 saturated heterocycles. The lowest BCUT2D eigenvalue weighted by Gasteiger charge is -2.21. The van der Waals surface area contributed by atoms with E-state index in [0.717, 1.165) is 31.0 Å². The maximum Gasteiger partial charge on any atom is 0.191 e. The molecule has 0 aromatic carbocycles. The van der Waals surface area contributed by atoms with Gasteiger partial charge in [-0.3, -0.25) is 9.89 Å². The molecule has 0 aromatic rings. The van der Waals surface area contributed by atoms with Gasteiger partial charge in [-0.25, -0.2) is 0 Å². The lowest BCUT2D eigenvalue weighted by Crippen LogP contribution is -2.46. The summed E-state index contributed by atoms with van der Waals surface area (Å²) in [6, 6.07) is 1.42. The predicted octanol–water partition coefficient (Wildman–Crippen LogP) is 1.59. The summed E-state index contributed by atoms with van der Waals surface area (Å²) in [7, 11) is 2.21. The van der Waals surface area contributed by atoms with Gasteiger partial charge in [0, 0.05) is 44.8 Å². The van der Waals surface area contributed by atoms with Gasteiger partial charge in [0.1, 0.15) is 0 Å². The first-order valence-electron chi connectivity index (χ1n) is 9.13. The number of nitrogens with one attached hydrogen (secondary N) is 2. The zero-order valence-corrected chi connectivity index (χ0v) is 17.3. The highest BCUT2D eigenvalue weighted by Gasteiger charge is 2.38. The van der Waals surface area contributed by atoms with Crippen LogP contribution in [0.4, 0.5) is 0 Å². The summed E-state index contributed by atoms with van der Waals surface area (Å²) in [4.78, 5) is 9.94. The zero-order chi connectivity index (χ0) is 15.5. The highest BCUT2D eigenvalue weighted by Crippen LogP contribution is 2.31. The minimum atomic E-state index is 0. The summed E-state index contributed by atoms with van der Waals surface area (Å²) < 4.78 is 0. The van der Waals surface area contributed by atoms with Crippen LogP contribution >= 0.6 is 24.0 Å². The van der Waals surface area contributed by atoms with Crippen LogP contribution in [0.25, 0.3) is 0 Å². The molecular weight excluding hydrogens is 401 g/mol. The van der Waals surface area contributed by atoms with Crippen molar-refractivity contribution in [2.45, 2.75) is 45.2 Å². The lowest BCUT2D eigenvalue weighted by atomic mass is 10.1. The van der Waals surface area contributed by atoms with Crippen molar-refractivity contribution < 1.29 is 0 Å². The highest BCUT2D eigenvalue weighted by molar-refractivity contribution is 14.0. The molecule has 2 aliphatic heterocycles. The summed E-state index contributed by atoms with van der Waals surface area (Å²) in [5, 5.41) is 7.13. The summed E-state index contributed by atoms with van der Waals surface area (Å²) in [6.45, 7) is 11.2. The van der Waals surface area contributed by atoms with Crippen molar-refractivity contribution >= 4 is 29.9 Å². The first-order chi connectivity index (χ1) is 10.7. The van der Waals surface area contributed by atoms with Crippen LogP contribution in [0.5, 0.6) is 0 Å². The van der Waals surface area contributed by atoms with E-state index in [4.69, 9.17) is 4.99 Å². The number of hydrogen-bond donors (Lipinski definition) is 2. The van der Waals surface area contributed by atoms with Gasteiger partial charge in [-0.2, -0.15) is 0 Å². The number of guanidine groups is 1. The first kappa shape index (κ1) is 19.2. The average molecular weight is 435 g/mol. The molecule has 134 valence electrons. The Morgan fingerprint density at radius 3 is 2.57 bits per heavy atom. The van der Waals surface area contributed by atoms with Crippen LogP contribution in [0.15, 0.2) is 4.99 Å². The quantitative estimate of drug-likeness (QED) is 0.391. The van der Waals surface area contributed by atoms with Crippen molar-refractivity contribution in [2.75, 3.05) is 46.3 Å². The number of nitrogens with zero attached hydrogens (tertiary/aromatic N) is 3. The van der Waals surface area contributed by atoms with Crippen LogP contribution in [0.1, 0.15) is 33.1 Å². The minimum absolute atomic E-state index is 0. The molecular formula is C17H34IN5. The SMILES string of the molecule is CCNC(=NCC1CCN(C)C1)NC1CN(C2CC2)CC1C.I. The number of aliphatic imine (C=N–C) groups is 1. The van der Waals surface area contributed by atoms with E-state index < -0.39 is 0 Å². The van der Waals surface area contributed by atoms with Gasteiger partial charge in [0.25, 0.3) is 0 Å². The van der Waals surface area contributed by atoms with E-state index in [-0.39, 0.29) is 24.0 Å². The Kier molecular flexibility index (Phi) is 7.41. The molecule has 23 heavy (non-hydrogen) atoms. The smallest absolute Gasteiger partial charge is 0.191 e. The lowest BCUT2D eigenvalue weighted by molar-refractivity contribution is 0.315. The van der Waals surface area contributed by atoms with Crippen LogP contribution in [0.3, 0.4) is 0 Å². The molecule has 6 heteroatoms. The number of halogens is 1. The van der Waals surface area contributed by atoms with Crippen LogP contribution in [0, 0.1) is 11.8 Å². The Labute approximate surface area is 158 Å². The van der Waals surface area contributed by atoms with E-state index in [9.17, 15) is 0 Å². The molecule has 0 amide bonds. The molecule has 5 nitrogen and oxygen atoms in total. The largest absolute Gasteiger partial charge is 0.357 e. The molecule has 3 rings (SSSR count). The first-order valence-corrected chi connectivity index (χ1v) is 9.13. The van der Waals surface area contributed by atoms with Crippen molar-refractivity contribution in [1.29, 1.82) is 0 Å². The second kappa shape index (κ2) is 8.85. The molecule has 2 N–H and O–H groups in total. The van der Waals surface area contributed by atoms with Crippen molar-refractivity contribution in [2.24, 2.45) is 16.8 Å². The van der Waals surface area contributed by atoms with E-state index >= 15 is 0 Å². The standard InChI is InChI=1S/C17H33N5.HI/c1-4-18-17(19-9-14-7-8-21(3)11-14)20-16-12-22(10-13(16)2)15-5-6-15;/h13-16H,4-12H2,1-3H3,(H2,18,19,20);1H. The second-order valence-electron chi connectivity index (χ2n) is 7.55. The predicted molar refractivity (Wildman–Crippen MR) is 108 cm³/mol. The summed E-state index contributed by atoms with van der Waals surface area (Å²) in [5.74, 6) is 2.46. The molecule has 3 atom stereocenters. The van der Waals surface area contributed by atoms with Crippen molar-refractivity contribution in [3.63, 3.8) is 0 Å². The fourth-order valence-electron chi connectivity index (χ4n) is 3.82. The molecule has 1 saturated carbocycles. The fraction of sp³-hybridized carbons (Fsp3) is 0.941. The molecule has 1 aliphatic carbocycles. The van der Waals surface area contributed by atoms with Gasteiger partial charge in [-0.1, -0.05) is 6.92 Å². The summed E-state index contributed by atoms with van der Waals surface area (Å²) in [6.07, 6.45) is 4.10. The van der Waals surface area contributed by atoms with Crippen molar-refractivity contribution in [3.05, 3.63) is 0 Å². The molecule has 3 fully saturated rings. The minimum Gasteiger partial charge on any atom is -0.357 e. The monoisotopic (exact) mass is 435 g/mol. The van der Waals surface area contributed by atoms with Gasteiger partial charge < -0.3 is 15.5 Å². The highest BCUT2D eigenvalue weighted by atomic mass is 127. The van der Waals surface area contributed by atoms with Crippen molar-refractivity contribution in [1.82, 2.24) is 20.4 Å². The Morgan fingerprint density at radius 2 is 1.96 bits per heavy atom. The summed E-state index contributed by atoms with van der Waals surface area (Å²) >= 11 is 0. The Morgan fingerprint density at radius 1 is 1.17 bits per heavy atom. The fourth-order valence-corrected chi connectivity index (χ4v) is 3.82. The topological polar surface area (TPSA) is 42.9 Å². The van der Waals surface area contributed by atoms with E-state index in [0.29, 0.717) is 12.0 Å². The zero-order valence-electron chi connectivity index (χ0n) is 14.9. The number of likely N-dealkylation sites (tertiary alicyclic amines) is 2. The van der Waals surface area contributed by atoms with Crippen molar-refractivity contribution in [3.8, 4) is 0 Å². The van der Waals surface area contributed by atoms with Gasteiger partial charge in [0.05, 0.1) is 0 Å². The Balaban J connectivity index is 0.00000192. The molecule has 2 heterocycles. The van der Waals surface area contributed by atoms with Crippen LogP contribution in [-0.4, -0.2) is 74.2 Å². The third-order valence-corrected chi connectivity index (χ3v) is 5.37. The Hall–Kier alpha value is -0.0800. The maximum atomic E-state index is 4.86. The van der Waals surface area contributed by atoms with Crippen LogP contribution < -0.4 is 10.6 Å². The molecule has 0 radical (unpaired) electrons. The molecule has 0 bridgehead atoms.